The molecule has 4 heteroatoms. The van der Waals surface area contributed by atoms with Gasteiger partial charge in [0.1, 0.15) is 5.76 Å². The highest BCUT2D eigenvalue weighted by molar-refractivity contribution is 6.05. The molecular weight excluding hydrogens is 252 g/mol. The second-order valence-corrected chi connectivity index (χ2v) is 4.70. The lowest BCUT2D eigenvalue weighted by Gasteiger charge is -2.12. The first-order chi connectivity index (χ1) is 9.65. The molecule has 0 aliphatic rings. The number of hydrogen-bond donors (Lipinski definition) is 2. The van der Waals surface area contributed by atoms with Crippen molar-refractivity contribution >= 4 is 11.6 Å². The summed E-state index contributed by atoms with van der Waals surface area (Å²) in [5.41, 5.74) is 2.52. The van der Waals surface area contributed by atoms with E-state index in [9.17, 15) is 4.79 Å². The molecule has 0 fully saturated rings. The predicted molar refractivity (Wildman–Crippen MR) is 80.0 cm³/mol. The third kappa shape index (κ3) is 3.08. The number of furan rings is 1. The maximum atomic E-state index is 12.2. The normalized spacial score (nSPS) is 12.2. The van der Waals surface area contributed by atoms with Crippen molar-refractivity contribution in [2.24, 2.45) is 0 Å². The van der Waals surface area contributed by atoms with Gasteiger partial charge in [-0.25, -0.2) is 0 Å². The third-order valence-electron chi connectivity index (χ3n) is 3.39. The fourth-order valence-corrected chi connectivity index (χ4v) is 2.07. The van der Waals surface area contributed by atoms with Crippen LogP contribution in [0.5, 0.6) is 0 Å². The zero-order chi connectivity index (χ0) is 14.5. The van der Waals surface area contributed by atoms with Crippen molar-refractivity contribution in [2.75, 3.05) is 12.4 Å². The number of amides is 1. The van der Waals surface area contributed by atoms with E-state index in [-0.39, 0.29) is 11.9 Å². The summed E-state index contributed by atoms with van der Waals surface area (Å²) in [5.74, 6) is 0.576. The van der Waals surface area contributed by atoms with Crippen LogP contribution in [0.4, 0.5) is 5.69 Å². The van der Waals surface area contributed by atoms with Gasteiger partial charge in [-0.05, 0) is 37.7 Å². The molecule has 0 radical (unpaired) electrons. The molecule has 4 nitrogen and oxygen atoms in total. The molecule has 20 heavy (non-hydrogen) atoms. The summed E-state index contributed by atoms with van der Waals surface area (Å²) in [6, 6.07) is 9.78. The Balaban J connectivity index is 2.16. The van der Waals surface area contributed by atoms with Crippen LogP contribution in [-0.2, 0) is 6.42 Å². The van der Waals surface area contributed by atoms with Crippen LogP contribution >= 0.6 is 0 Å². The number of rotatable bonds is 5. The third-order valence-corrected chi connectivity index (χ3v) is 3.39. The SMILES string of the molecule is CCc1occc1C(=O)Nc1cccc(C(C)NC)c1. The molecule has 1 aromatic carbocycles. The van der Waals surface area contributed by atoms with Crippen molar-refractivity contribution in [1.29, 1.82) is 0 Å². The van der Waals surface area contributed by atoms with Gasteiger partial charge in [0.15, 0.2) is 0 Å². The molecule has 1 heterocycles. The van der Waals surface area contributed by atoms with Crippen molar-refractivity contribution in [3.63, 3.8) is 0 Å². The lowest BCUT2D eigenvalue weighted by atomic mass is 10.1. The van der Waals surface area contributed by atoms with Gasteiger partial charge in [-0.15, -0.1) is 0 Å². The monoisotopic (exact) mass is 272 g/mol. The molecule has 0 aliphatic carbocycles. The second-order valence-electron chi connectivity index (χ2n) is 4.70. The summed E-state index contributed by atoms with van der Waals surface area (Å²) in [5, 5.41) is 6.09. The van der Waals surface area contributed by atoms with E-state index in [4.69, 9.17) is 4.42 Å². The second kappa shape index (κ2) is 6.39. The largest absolute Gasteiger partial charge is 0.469 e. The molecular formula is C16H20N2O2. The zero-order valence-corrected chi connectivity index (χ0v) is 12.1. The number of hydrogen-bond acceptors (Lipinski definition) is 3. The van der Waals surface area contributed by atoms with E-state index in [1.165, 1.54) is 0 Å². The average molecular weight is 272 g/mol. The molecule has 2 aromatic rings. The Morgan fingerprint density at radius 3 is 2.85 bits per heavy atom. The highest BCUT2D eigenvalue weighted by Gasteiger charge is 2.13. The molecule has 106 valence electrons. The first-order valence-electron chi connectivity index (χ1n) is 6.80. The van der Waals surface area contributed by atoms with Crippen LogP contribution in [0.3, 0.4) is 0 Å². The summed E-state index contributed by atoms with van der Waals surface area (Å²) >= 11 is 0. The van der Waals surface area contributed by atoms with Gasteiger partial charge >= 0.3 is 0 Å². The first-order valence-corrected chi connectivity index (χ1v) is 6.80. The van der Waals surface area contributed by atoms with Crippen LogP contribution in [0.15, 0.2) is 41.0 Å². The van der Waals surface area contributed by atoms with Gasteiger partial charge in [0.2, 0.25) is 0 Å². The topological polar surface area (TPSA) is 54.3 Å². The molecule has 0 saturated carbocycles. The fourth-order valence-electron chi connectivity index (χ4n) is 2.07. The number of carbonyl (C=O) groups excluding carboxylic acids is 1. The van der Waals surface area contributed by atoms with Crippen molar-refractivity contribution in [1.82, 2.24) is 5.32 Å². The van der Waals surface area contributed by atoms with Crippen LogP contribution in [0, 0.1) is 0 Å². The predicted octanol–water partition coefficient (Wildman–Crippen LogP) is 3.37. The maximum absolute atomic E-state index is 12.2. The van der Waals surface area contributed by atoms with Gasteiger partial charge in [-0.3, -0.25) is 4.79 Å². The van der Waals surface area contributed by atoms with Crippen molar-refractivity contribution < 1.29 is 9.21 Å². The van der Waals surface area contributed by atoms with Gasteiger partial charge in [-0.2, -0.15) is 0 Å². The van der Waals surface area contributed by atoms with E-state index < -0.39 is 0 Å². The van der Waals surface area contributed by atoms with E-state index in [2.05, 4.69) is 17.6 Å². The number of carbonyl (C=O) groups is 1. The van der Waals surface area contributed by atoms with E-state index >= 15 is 0 Å². The summed E-state index contributed by atoms with van der Waals surface area (Å²) in [7, 11) is 1.91. The van der Waals surface area contributed by atoms with Crippen LogP contribution in [0.25, 0.3) is 0 Å². The minimum atomic E-state index is -0.134. The lowest BCUT2D eigenvalue weighted by Crippen LogP contribution is -2.15. The fraction of sp³-hybridized carbons (Fsp3) is 0.312. The quantitative estimate of drug-likeness (QED) is 0.877. The molecule has 1 unspecified atom stereocenters. The smallest absolute Gasteiger partial charge is 0.259 e. The Morgan fingerprint density at radius 1 is 1.35 bits per heavy atom. The summed E-state index contributed by atoms with van der Waals surface area (Å²) in [6.07, 6.45) is 2.25. The number of nitrogens with one attached hydrogen (secondary N) is 2. The molecule has 2 N–H and O–H groups in total. The Bertz CT molecular complexity index is 590. The summed E-state index contributed by atoms with van der Waals surface area (Å²) in [4.78, 5) is 12.2. The molecule has 0 spiro atoms. The molecule has 0 bridgehead atoms. The Morgan fingerprint density at radius 2 is 2.15 bits per heavy atom. The Hall–Kier alpha value is -2.07. The van der Waals surface area contributed by atoms with E-state index in [1.807, 2.05) is 38.2 Å². The number of anilines is 1. The van der Waals surface area contributed by atoms with Crippen molar-refractivity contribution in [2.45, 2.75) is 26.3 Å². The van der Waals surface area contributed by atoms with Crippen LogP contribution in [-0.4, -0.2) is 13.0 Å². The molecule has 1 amide bonds. The van der Waals surface area contributed by atoms with E-state index in [0.29, 0.717) is 17.7 Å². The van der Waals surface area contributed by atoms with Gasteiger partial charge in [-0.1, -0.05) is 19.1 Å². The minimum absolute atomic E-state index is 0.134. The molecule has 0 aliphatic heterocycles. The standard InChI is InChI=1S/C16H20N2O2/c1-4-15-14(8-9-20-15)16(19)18-13-7-5-6-12(10-13)11(2)17-3/h5-11,17H,4H2,1-3H3,(H,18,19). The van der Waals surface area contributed by atoms with Crippen LogP contribution < -0.4 is 10.6 Å². The van der Waals surface area contributed by atoms with Gasteiger partial charge < -0.3 is 15.1 Å². The van der Waals surface area contributed by atoms with Crippen LogP contribution in [0.2, 0.25) is 0 Å². The molecule has 2 rings (SSSR count). The molecule has 1 atom stereocenters. The average Bonchev–Trinajstić information content (AvgIpc) is 2.95. The highest BCUT2D eigenvalue weighted by Crippen LogP contribution is 2.19. The van der Waals surface area contributed by atoms with Gasteiger partial charge in [0.25, 0.3) is 5.91 Å². The first kappa shape index (κ1) is 14.3. The number of benzene rings is 1. The Labute approximate surface area is 119 Å². The summed E-state index contributed by atoms with van der Waals surface area (Å²) in [6.45, 7) is 4.04. The van der Waals surface area contributed by atoms with Crippen molar-refractivity contribution in [3.05, 3.63) is 53.5 Å². The zero-order valence-electron chi connectivity index (χ0n) is 12.1. The highest BCUT2D eigenvalue weighted by atomic mass is 16.3. The Kier molecular flexibility index (Phi) is 4.58. The van der Waals surface area contributed by atoms with Crippen LogP contribution in [0.1, 0.15) is 41.6 Å². The minimum Gasteiger partial charge on any atom is -0.469 e. The lowest BCUT2D eigenvalue weighted by molar-refractivity contribution is 0.102. The van der Waals surface area contributed by atoms with E-state index in [1.54, 1.807) is 12.3 Å². The van der Waals surface area contributed by atoms with E-state index in [0.717, 1.165) is 11.3 Å². The van der Waals surface area contributed by atoms with Gasteiger partial charge in [0, 0.05) is 18.2 Å². The van der Waals surface area contributed by atoms with Crippen molar-refractivity contribution in [3.8, 4) is 0 Å². The number of aryl methyl sites for hydroxylation is 1. The molecule has 1 aromatic heterocycles. The molecule has 0 saturated heterocycles. The van der Waals surface area contributed by atoms with Gasteiger partial charge in [0.05, 0.1) is 11.8 Å². The maximum Gasteiger partial charge on any atom is 0.259 e. The summed E-state index contributed by atoms with van der Waals surface area (Å²) < 4.78 is 5.28.